The number of thioether (sulfide) groups is 1. The molecule has 0 aliphatic heterocycles. The summed E-state index contributed by atoms with van der Waals surface area (Å²) in [5.74, 6) is 2.48. The Morgan fingerprint density at radius 2 is 2.06 bits per heavy atom. The van der Waals surface area contributed by atoms with Crippen molar-refractivity contribution in [3.05, 3.63) is 41.6 Å². The fourth-order valence-electron chi connectivity index (χ4n) is 1.32. The lowest BCUT2D eigenvalue weighted by Crippen LogP contribution is -1.81. The number of nitrogens with zero attached hydrogens (tertiary/aromatic N) is 1. The van der Waals surface area contributed by atoms with Crippen molar-refractivity contribution >= 4 is 11.8 Å². The Morgan fingerprint density at radius 1 is 1.31 bits per heavy atom. The molecular formula is C12H13NO2S. The number of rotatable bonds is 3. The van der Waals surface area contributed by atoms with Crippen molar-refractivity contribution in [2.75, 3.05) is 0 Å². The molecule has 84 valence electrons. The average Bonchev–Trinajstić information content (AvgIpc) is 2.57. The number of hydrogen-bond acceptors (Lipinski definition) is 4. The van der Waals surface area contributed by atoms with Gasteiger partial charge in [0.15, 0.2) is 0 Å². The van der Waals surface area contributed by atoms with Crippen molar-refractivity contribution in [3.63, 3.8) is 0 Å². The molecule has 0 radical (unpaired) electrons. The van der Waals surface area contributed by atoms with Crippen LogP contribution >= 0.6 is 11.8 Å². The van der Waals surface area contributed by atoms with Gasteiger partial charge in [-0.2, -0.15) is 0 Å². The third kappa shape index (κ3) is 2.39. The number of para-hydroxylation sites is 1. The number of aromatic hydroxyl groups is 1. The SMILES string of the molecule is Cc1nc(CSc2ccccc2O)oc1C. The minimum absolute atomic E-state index is 0.299. The van der Waals surface area contributed by atoms with Crippen LogP contribution in [0.15, 0.2) is 33.6 Å². The second-order valence-corrected chi connectivity index (χ2v) is 4.52. The lowest BCUT2D eigenvalue weighted by Gasteiger charge is -2.00. The number of hydrogen-bond donors (Lipinski definition) is 1. The first-order valence-electron chi connectivity index (χ1n) is 5.00. The van der Waals surface area contributed by atoms with Crippen LogP contribution in [0, 0.1) is 13.8 Å². The highest BCUT2D eigenvalue weighted by atomic mass is 32.2. The molecule has 1 N–H and O–H groups in total. The molecule has 2 aromatic rings. The van der Waals surface area contributed by atoms with Crippen LogP contribution in [0.2, 0.25) is 0 Å². The molecule has 1 aromatic carbocycles. The zero-order valence-corrected chi connectivity index (χ0v) is 10.0. The van der Waals surface area contributed by atoms with Gasteiger partial charge in [-0.15, -0.1) is 11.8 Å². The highest BCUT2D eigenvalue weighted by Crippen LogP contribution is 2.30. The minimum atomic E-state index is 0.299. The van der Waals surface area contributed by atoms with Crippen LogP contribution < -0.4 is 0 Å². The van der Waals surface area contributed by atoms with Crippen molar-refractivity contribution in [1.82, 2.24) is 4.98 Å². The fourth-order valence-corrected chi connectivity index (χ4v) is 2.11. The Balaban J connectivity index is 2.05. The lowest BCUT2D eigenvalue weighted by atomic mass is 10.3. The second-order valence-electron chi connectivity index (χ2n) is 3.51. The van der Waals surface area contributed by atoms with Gasteiger partial charge in [0.2, 0.25) is 5.89 Å². The summed E-state index contributed by atoms with van der Waals surface area (Å²) in [6, 6.07) is 7.25. The van der Waals surface area contributed by atoms with Gasteiger partial charge in [-0.25, -0.2) is 4.98 Å². The van der Waals surface area contributed by atoms with E-state index in [1.807, 2.05) is 26.0 Å². The van der Waals surface area contributed by atoms with Gasteiger partial charge in [-0.1, -0.05) is 12.1 Å². The van der Waals surface area contributed by atoms with E-state index in [0.29, 0.717) is 17.4 Å². The van der Waals surface area contributed by atoms with E-state index in [1.54, 1.807) is 12.1 Å². The van der Waals surface area contributed by atoms with E-state index >= 15 is 0 Å². The van der Waals surface area contributed by atoms with Crippen molar-refractivity contribution in [1.29, 1.82) is 0 Å². The smallest absolute Gasteiger partial charge is 0.204 e. The van der Waals surface area contributed by atoms with Crippen LogP contribution in [0.5, 0.6) is 5.75 Å². The van der Waals surface area contributed by atoms with Crippen molar-refractivity contribution in [2.45, 2.75) is 24.5 Å². The normalized spacial score (nSPS) is 10.6. The molecule has 4 heteroatoms. The molecule has 0 atom stereocenters. The zero-order valence-electron chi connectivity index (χ0n) is 9.23. The molecule has 1 aromatic heterocycles. The van der Waals surface area contributed by atoms with Gasteiger partial charge in [0.1, 0.15) is 11.5 Å². The third-order valence-electron chi connectivity index (χ3n) is 2.29. The van der Waals surface area contributed by atoms with Gasteiger partial charge in [-0.3, -0.25) is 0 Å². The highest BCUT2D eigenvalue weighted by Gasteiger charge is 2.07. The maximum atomic E-state index is 9.58. The molecule has 1 heterocycles. The number of oxazole rings is 1. The van der Waals surface area contributed by atoms with E-state index < -0.39 is 0 Å². The molecule has 3 nitrogen and oxygen atoms in total. The van der Waals surface area contributed by atoms with E-state index in [4.69, 9.17) is 4.42 Å². The van der Waals surface area contributed by atoms with Crippen LogP contribution in [0.25, 0.3) is 0 Å². The van der Waals surface area contributed by atoms with Gasteiger partial charge >= 0.3 is 0 Å². The molecule has 0 amide bonds. The largest absolute Gasteiger partial charge is 0.507 e. The molecule has 0 aliphatic carbocycles. The molecule has 0 unspecified atom stereocenters. The van der Waals surface area contributed by atoms with Gasteiger partial charge < -0.3 is 9.52 Å². The Labute approximate surface area is 98.5 Å². The van der Waals surface area contributed by atoms with E-state index in [0.717, 1.165) is 16.3 Å². The fraction of sp³-hybridized carbons (Fsp3) is 0.250. The average molecular weight is 235 g/mol. The topological polar surface area (TPSA) is 46.3 Å². The number of phenols is 1. The summed E-state index contributed by atoms with van der Waals surface area (Å²) < 4.78 is 5.46. The molecule has 0 saturated heterocycles. The van der Waals surface area contributed by atoms with E-state index in [9.17, 15) is 5.11 Å². The van der Waals surface area contributed by atoms with Gasteiger partial charge in [-0.05, 0) is 26.0 Å². The lowest BCUT2D eigenvalue weighted by molar-refractivity contribution is 0.462. The number of aryl methyl sites for hydroxylation is 2. The van der Waals surface area contributed by atoms with Crippen LogP contribution in [0.3, 0.4) is 0 Å². The van der Waals surface area contributed by atoms with Gasteiger partial charge in [0.05, 0.1) is 11.4 Å². The van der Waals surface area contributed by atoms with Crippen molar-refractivity contribution in [2.24, 2.45) is 0 Å². The molecule has 16 heavy (non-hydrogen) atoms. The second kappa shape index (κ2) is 4.61. The number of aromatic nitrogens is 1. The third-order valence-corrected chi connectivity index (χ3v) is 3.34. The summed E-state index contributed by atoms with van der Waals surface area (Å²) in [6.45, 7) is 3.82. The Hall–Kier alpha value is -1.42. The molecule has 0 spiro atoms. The molecule has 0 aliphatic rings. The quantitative estimate of drug-likeness (QED) is 0.829. The monoisotopic (exact) mass is 235 g/mol. The molecular weight excluding hydrogens is 222 g/mol. The van der Waals surface area contributed by atoms with Crippen LogP contribution in [-0.4, -0.2) is 10.1 Å². The highest BCUT2D eigenvalue weighted by molar-refractivity contribution is 7.98. The van der Waals surface area contributed by atoms with Gasteiger partial charge in [0, 0.05) is 4.90 Å². The summed E-state index contributed by atoms with van der Waals surface area (Å²) >= 11 is 1.52. The predicted octanol–water partition coefficient (Wildman–Crippen LogP) is 3.29. The predicted molar refractivity (Wildman–Crippen MR) is 63.6 cm³/mol. The molecule has 0 fully saturated rings. The molecule has 0 bridgehead atoms. The van der Waals surface area contributed by atoms with Crippen molar-refractivity contribution in [3.8, 4) is 5.75 Å². The Kier molecular flexibility index (Phi) is 3.19. The Morgan fingerprint density at radius 3 is 2.69 bits per heavy atom. The summed E-state index contributed by atoms with van der Waals surface area (Å²) in [5, 5.41) is 9.58. The standard InChI is InChI=1S/C12H13NO2S/c1-8-9(2)15-12(13-8)7-16-11-6-4-3-5-10(11)14/h3-6,14H,7H2,1-2H3. The van der Waals surface area contributed by atoms with Gasteiger partial charge in [0.25, 0.3) is 0 Å². The molecule has 2 rings (SSSR count). The number of phenolic OH excluding ortho intramolecular Hbond substituents is 1. The first-order valence-corrected chi connectivity index (χ1v) is 5.99. The van der Waals surface area contributed by atoms with Crippen molar-refractivity contribution < 1.29 is 9.52 Å². The first-order chi connectivity index (χ1) is 7.66. The maximum absolute atomic E-state index is 9.58. The summed E-state index contributed by atoms with van der Waals surface area (Å²) in [6.07, 6.45) is 0. The zero-order chi connectivity index (χ0) is 11.5. The van der Waals surface area contributed by atoms with E-state index in [-0.39, 0.29) is 0 Å². The maximum Gasteiger partial charge on any atom is 0.204 e. The summed E-state index contributed by atoms with van der Waals surface area (Å²) in [5.41, 5.74) is 0.924. The summed E-state index contributed by atoms with van der Waals surface area (Å²) in [4.78, 5) is 5.13. The molecule has 0 saturated carbocycles. The summed E-state index contributed by atoms with van der Waals surface area (Å²) in [7, 11) is 0. The minimum Gasteiger partial charge on any atom is -0.507 e. The Bertz CT molecular complexity index is 474. The van der Waals surface area contributed by atoms with E-state index in [1.165, 1.54) is 11.8 Å². The first kappa shape index (κ1) is 11.1. The van der Waals surface area contributed by atoms with Crippen LogP contribution in [0.4, 0.5) is 0 Å². The number of benzene rings is 1. The van der Waals surface area contributed by atoms with Crippen LogP contribution in [-0.2, 0) is 5.75 Å². The van der Waals surface area contributed by atoms with E-state index in [2.05, 4.69) is 4.98 Å². The van der Waals surface area contributed by atoms with Crippen LogP contribution in [0.1, 0.15) is 17.3 Å².